The molecule has 0 radical (unpaired) electrons. The highest BCUT2D eigenvalue weighted by atomic mass is 15.2. The molecule has 1 saturated carbocycles. The van der Waals surface area contributed by atoms with Crippen molar-refractivity contribution in [1.82, 2.24) is 4.98 Å². The van der Waals surface area contributed by atoms with Gasteiger partial charge in [0.25, 0.3) is 0 Å². The maximum atomic E-state index is 8.85. The van der Waals surface area contributed by atoms with Crippen LogP contribution in [0, 0.1) is 17.2 Å². The molecule has 0 spiro atoms. The largest absolute Gasteiger partial charge is 0.368 e. The predicted octanol–water partition coefficient (Wildman–Crippen LogP) is 2.58. The zero-order valence-corrected chi connectivity index (χ0v) is 9.85. The van der Waals surface area contributed by atoms with Crippen LogP contribution in [0.25, 0.3) is 0 Å². The van der Waals surface area contributed by atoms with Crippen LogP contribution in [0.1, 0.15) is 32.4 Å². The second-order valence-electron chi connectivity index (χ2n) is 4.79. The Hall–Kier alpha value is -1.56. The molecule has 2 rings (SSSR count). The summed E-state index contributed by atoms with van der Waals surface area (Å²) in [4.78, 5) is 6.42. The molecule has 3 heteroatoms. The van der Waals surface area contributed by atoms with Gasteiger partial charge < -0.3 is 4.90 Å². The SMILES string of the molecule is CC(C)CN(c1ccnc(C#N)c1)C1CC1. The quantitative estimate of drug-likeness (QED) is 0.775. The van der Waals surface area contributed by atoms with Crippen LogP contribution in [0.15, 0.2) is 18.3 Å². The normalized spacial score (nSPS) is 14.9. The summed E-state index contributed by atoms with van der Waals surface area (Å²) in [6.45, 7) is 5.50. The van der Waals surface area contributed by atoms with Crippen LogP contribution >= 0.6 is 0 Å². The van der Waals surface area contributed by atoms with Crippen molar-refractivity contribution in [1.29, 1.82) is 5.26 Å². The van der Waals surface area contributed by atoms with Gasteiger partial charge in [0.15, 0.2) is 0 Å². The van der Waals surface area contributed by atoms with Gasteiger partial charge in [0, 0.05) is 24.5 Å². The molecule has 1 aromatic heterocycles. The van der Waals surface area contributed by atoms with E-state index in [0.29, 0.717) is 17.7 Å². The third-order valence-electron chi connectivity index (χ3n) is 2.74. The minimum Gasteiger partial charge on any atom is -0.368 e. The molecule has 0 N–H and O–H groups in total. The Labute approximate surface area is 96.7 Å². The van der Waals surface area contributed by atoms with Crippen molar-refractivity contribution in [2.24, 2.45) is 5.92 Å². The van der Waals surface area contributed by atoms with Crippen LogP contribution in [0.4, 0.5) is 5.69 Å². The van der Waals surface area contributed by atoms with Crippen molar-refractivity contribution >= 4 is 5.69 Å². The van der Waals surface area contributed by atoms with Crippen LogP contribution in [-0.2, 0) is 0 Å². The molecule has 0 saturated heterocycles. The summed E-state index contributed by atoms with van der Waals surface area (Å²) in [5.74, 6) is 0.638. The highest BCUT2D eigenvalue weighted by Crippen LogP contribution is 2.32. The van der Waals surface area contributed by atoms with Crippen LogP contribution in [0.2, 0.25) is 0 Å². The molecule has 1 fully saturated rings. The highest BCUT2D eigenvalue weighted by molar-refractivity contribution is 5.50. The number of aromatic nitrogens is 1. The number of hydrogen-bond donors (Lipinski definition) is 0. The Morgan fingerprint density at radius 3 is 2.88 bits per heavy atom. The zero-order valence-electron chi connectivity index (χ0n) is 9.85. The number of pyridine rings is 1. The lowest BCUT2D eigenvalue weighted by Crippen LogP contribution is -2.29. The molecule has 1 aromatic rings. The van der Waals surface area contributed by atoms with Crippen LogP contribution in [0.5, 0.6) is 0 Å². The fourth-order valence-corrected chi connectivity index (χ4v) is 1.90. The first-order chi connectivity index (χ1) is 7.70. The van der Waals surface area contributed by atoms with E-state index in [4.69, 9.17) is 5.26 Å². The molecule has 16 heavy (non-hydrogen) atoms. The predicted molar refractivity (Wildman–Crippen MR) is 64.2 cm³/mol. The molecule has 1 heterocycles. The van der Waals surface area contributed by atoms with Crippen molar-refractivity contribution in [3.05, 3.63) is 24.0 Å². The summed E-state index contributed by atoms with van der Waals surface area (Å²) in [7, 11) is 0. The van der Waals surface area contributed by atoms with Gasteiger partial charge in [-0.1, -0.05) is 13.8 Å². The average Bonchev–Trinajstić information content (AvgIpc) is 3.09. The molecule has 0 aliphatic heterocycles. The number of rotatable bonds is 4. The van der Waals surface area contributed by atoms with Gasteiger partial charge >= 0.3 is 0 Å². The molecule has 0 aromatic carbocycles. The monoisotopic (exact) mass is 215 g/mol. The summed E-state index contributed by atoms with van der Waals surface area (Å²) >= 11 is 0. The van der Waals surface area contributed by atoms with E-state index >= 15 is 0 Å². The van der Waals surface area contributed by atoms with Gasteiger partial charge in [-0.15, -0.1) is 0 Å². The Kier molecular flexibility index (Phi) is 3.09. The molecule has 1 aliphatic rings. The van der Waals surface area contributed by atoms with Crippen molar-refractivity contribution in [3.8, 4) is 6.07 Å². The van der Waals surface area contributed by atoms with Crippen LogP contribution in [-0.4, -0.2) is 17.6 Å². The summed E-state index contributed by atoms with van der Waals surface area (Å²) < 4.78 is 0. The third-order valence-corrected chi connectivity index (χ3v) is 2.74. The Morgan fingerprint density at radius 2 is 2.31 bits per heavy atom. The lowest BCUT2D eigenvalue weighted by atomic mass is 10.2. The van der Waals surface area contributed by atoms with Gasteiger partial charge in [-0.25, -0.2) is 4.98 Å². The maximum absolute atomic E-state index is 8.85. The Morgan fingerprint density at radius 1 is 1.56 bits per heavy atom. The second-order valence-corrected chi connectivity index (χ2v) is 4.79. The molecule has 0 amide bonds. The van der Waals surface area contributed by atoms with E-state index in [1.54, 1.807) is 6.20 Å². The molecular weight excluding hydrogens is 198 g/mol. The standard InChI is InChI=1S/C13H17N3/c1-10(2)9-16(12-3-4-12)13-5-6-15-11(7-13)8-14/h5-7,10,12H,3-4,9H2,1-2H3. The van der Waals surface area contributed by atoms with E-state index in [0.717, 1.165) is 12.2 Å². The van der Waals surface area contributed by atoms with Crippen molar-refractivity contribution in [3.63, 3.8) is 0 Å². The zero-order chi connectivity index (χ0) is 11.5. The van der Waals surface area contributed by atoms with E-state index in [1.165, 1.54) is 12.8 Å². The van der Waals surface area contributed by atoms with E-state index in [1.807, 2.05) is 12.1 Å². The molecular formula is C13H17N3. The van der Waals surface area contributed by atoms with Crippen LogP contribution in [0.3, 0.4) is 0 Å². The van der Waals surface area contributed by atoms with Gasteiger partial charge in [0.05, 0.1) is 0 Å². The molecule has 0 atom stereocenters. The number of nitrogens with zero attached hydrogens (tertiary/aromatic N) is 3. The van der Waals surface area contributed by atoms with E-state index < -0.39 is 0 Å². The summed E-state index contributed by atoms with van der Waals surface area (Å²) in [6.07, 6.45) is 4.28. The number of anilines is 1. The smallest absolute Gasteiger partial charge is 0.142 e. The second kappa shape index (κ2) is 4.52. The van der Waals surface area contributed by atoms with E-state index in [-0.39, 0.29) is 0 Å². The van der Waals surface area contributed by atoms with Crippen LogP contribution < -0.4 is 4.90 Å². The average molecular weight is 215 g/mol. The van der Waals surface area contributed by atoms with Crippen molar-refractivity contribution in [2.45, 2.75) is 32.7 Å². The topological polar surface area (TPSA) is 39.9 Å². The molecule has 0 bridgehead atoms. The molecule has 1 aliphatic carbocycles. The van der Waals surface area contributed by atoms with Crippen molar-refractivity contribution < 1.29 is 0 Å². The molecule has 3 nitrogen and oxygen atoms in total. The Bertz CT molecular complexity index is 402. The first kappa shape index (κ1) is 10.9. The lowest BCUT2D eigenvalue weighted by molar-refractivity contribution is 0.607. The molecule has 84 valence electrons. The Balaban J connectivity index is 2.21. The fourth-order valence-electron chi connectivity index (χ4n) is 1.90. The summed E-state index contributed by atoms with van der Waals surface area (Å²) in [5, 5.41) is 8.85. The van der Waals surface area contributed by atoms with Crippen molar-refractivity contribution in [2.75, 3.05) is 11.4 Å². The number of nitriles is 1. The minimum atomic E-state index is 0.506. The molecule has 0 unspecified atom stereocenters. The summed E-state index contributed by atoms with van der Waals surface area (Å²) in [6, 6.07) is 6.67. The first-order valence-electron chi connectivity index (χ1n) is 5.83. The van der Waals surface area contributed by atoms with Gasteiger partial charge in [-0.2, -0.15) is 5.26 Å². The van der Waals surface area contributed by atoms with Gasteiger partial charge in [-0.05, 0) is 30.9 Å². The first-order valence-corrected chi connectivity index (χ1v) is 5.83. The van der Waals surface area contributed by atoms with Gasteiger partial charge in [-0.3, -0.25) is 0 Å². The van der Waals surface area contributed by atoms with Gasteiger partial charge in [0.1, 0.15) is 11.8 Å². The van der Waals surface area contributed by atoms with Gasteiger partial charge in [0.2, 0.25) is 0 Å². The summed E-state index contributed by atoms with van der Waals surface area (Å²) in [5.41, 5.74) is 1.65. The minimum absolute atomic E-state index is 0.506. The highest BCUT2D eigenvalue weighted by Gasteiger charge is 2.29. The third kappa shape index (κ3) is 2.52. The lowest BCUT2D eigenvalue weighted by Gasteiger charge is -2.26. The maximum Gasteiger partial charge on any atom is 0.142 e. The van der Waals surface area contributed by atoms with E-state index in [9.17, 15) is 0 Å². The number of hydrogen-bond acceptors (Lipinski definition) is 3. The fraction of sp³-hybridized carbons (Fsp3) is 0.538. The van der Waals surface area contributed by atoms with E-state index in [2.05, 4.69) is 29.8 Å².